The molecule has 0 amide bonds. The van der Waals surface area contributed by atoms with Crippen LogP contribution in [-0.4, -0.2) is 24.1 Å². The largest absolute Gasteiger partial charge is 0.381 e. The van der Waals surface area contributed by atoms with Crippen LogP contribution in [0, 0.1) is 5.41 Å². The summed E-state index contributed by atoms with van der Waals surface area (Å²) in [5.41, 5.74) is -1.11. The minimum Gasteiger partial charge on any atom is -0.381 e. The third-order valence-electron chi connectivity index (χ3n) is 1.65. The Balaban J connectivity index is 4.63. The summed E-state index contributed by atoms with van der Waals surface area (Å²) in [6, 6.07) is 0. The van der Waals surface area contributed by atoms with Crippen LogP contribution in [0.2, 0.25) is 19.6 Å². The van der Waals surface area contributed by atoms with Gasteiger partial charge in [-0.05, 0) is 6.92 Å². The average Bonchev–Trinajstić information content (AvgIpc) is 1.84. The zero-order valence-corrected chi connectivity index (χ0v) is 8.73. The quantitative estimate of drug-likeness (QED) is 0.380. The third kappa shape index (κ3) is 2.59. The van der Waals surface area contributed by atoms with E-state index in [-0.39, 0.29) is 0 Å². The maximum atomic E-state index is 9.62. The van der Waals surface area contributed by atoms with Gasteiger partial charge >= 0.3 is 0 Å². The van der Waals surface area contributed by atoms with Gasteiger partial charge in [-0.3, -0.25) is 0 Å². The molecule has 2 N–H and O–H groups in total. The van der Waals surface area contributed by atoms with E-state index in [0.29, 0.717) is 5.33 Å². The van der Waals surface area contributed by atoms with Crippen LogP contribution in [0.25, 0.3) is 0 Å². The van der Waals surface area contributed by atoms with E-state index < -0.39 is 13.7 Å². The molecule has 2 nitrogen and oxygen atoms in total. The van der Waals surface area contributed by atoms with Gasteiger partial charge in [0, 0.05) is 5.33 Å². The Morgan fingerprint density at radius 3 is 2.00 bits per heavy atom. The molecule has 0 fully saturated rings. The van der Waals surface area contributed by atoms with Crippen LogP contribution in [0.15, 0.2) is 12.7 Å². The van der Waals surface area contributed by atoms with Gasteiger partial charge in [-0.25, -0.2) is 0 Å². The van der Waals surface area contributed by atoms with Gasteiger partial charge < -0.3 is 10.5 Å². The first-order valence-electron chi connectivity index (χ1n) is 3.67. The maximum Gasteiger partial charge on any atom is 0.113 e. The highest BCUT2D eigenvalue weighted by atomic mass is 28.3. The van der Waals surface area contributed by atoms with E-state index in [0.717, 1.165) is 0 Å². The molecule has 0 aromatic carbocycles. The lowest BCUT2D eigenvalue weighted by Gasteiger charge is -2.28. The van der Waals surface area contributed by atoms with E-state index in [2.05, 4.69) is 6.58 Å². The third-order valence-corrected chi connectivity index (χ3v) is 3.66. The molecule has 0 aliphatic heterocycles. The predicted octanol–water partition coefficient (Wildman–Crippen LogP) is 1.82. The fourth-order valence-corrected chi connectivity index (χ4v) is 2.48. The van der Waals surface area contributed by atoms with Crippen molar-refractivity contribution in [3.05, 3.63) is 12.7 Å². The number of rotatable bonds is 3. The molecule has 0 spiro atoms. The van der Waals surface area contributed by atoms with Crippen LogP contribution in [0.4, 0.5) is 0 Å². The number of aliphatic hydroxyl groups is 1. The maximum absolute atomic E-state index is 9.62. The van der Waals surface area contributed by atoms with Gasteiger partial charge in [0.1, 0.15) is 5.60 Å². The molecule has 0 saturated carbocycles. The van der Waals surface area contributed by atoms with Crippen molar-refractivity contribution in [3.8, 4) is 0 Å². The first kappa shape index (κ1) is 10.6. The van der Waals surface area contributed by atoms with Crippen molar-refractivity contribution in [2.75, 3.05) is 0 Å². The van der Waals surface area contributed by atoms with Crippen LogP contribution < -0.4 is 0 Å². The van der Waals surface area contributed by atoms with Gasteiger partial charge in [-0.15, -0.1) is 0 Å². The Bertz CT molecular complexity index is 179. The second-order valence-electron chi connectivity index (χ2n) is 3.98. The van der Waals surface area contributed by atoms with Crippen molar-refractivity contribution in [1.29, 1.82) is 5.41 Å². The molecule has 0 heterocycles. The van der Waals surface area contributed by atoms with E-state index in [9.17, 15) is 5.11 Å². The molecular formula is C8H17NOSi. The van der Waals surface area contributed by atoms with Gasteiger partial charge in [-0.1, -0.05) is 32.3 Å². The van der Waals surface area contributed by atoms with Gasteiger partial charge in [0.25, 0.3) is 0 Å². The summed E-state index contributed by atoms with van der Waals surface area (Å²) in [5, 5.41) is 17.7. The minimum absolute atomic E-state index is 0.431. The lowest BCUT2D eigenvalue weighted by Crippen LogP contribution is -2.47. The SMILES string of the molecule is C=CC(C)(O)C(=N)[Si](C)(C)C. The Kier molecular flexibility index (Phi) is 2.80. The summed E-state index contributed by atoms with van der Waals surface area (Å²) in [6.45, 7) is 11.2. The first-order valence-corrected chi connectivity index (χ1v) is 7.17. The Morgan fingerprint density at radius 2 is 1.91 bits per heavy atom. The fourth-order valence-electron chi connectivity index (χ4n) is 0.861. The lowest BCUT2D eigenvalue weighted by atomic mass is 10.1. The van der Waals surface area contributed by atoms with E-state index >= 15 is 0 Å². The van der Waals surface area contributed by atoms with Crippen LogP contribution in [0.3, 0.4) is 0 Å². The molecular weight excluding hydrogens is 154 g/mol. The van der Waals surface area contributed by atoms with E-state index in [1.165, 1.54) is 6.08 Å². The standard InChI is InChI=1S/C8H17NOSi/c1-6-8(2,10)7(9)11(3,4)5/h6,9-10H,1H2,2-5H3. The second-order valence-corrected chi connectivity index (χ2v) is 8.98. The number of nitrogens with one attached hydrogen (secondary N) is 1. The molecule has 0 aliphatic carbocycles. The topological polar surface area (TPSA) is 44.1 Å². The summed E-state index contributed by atoms with van der Waals surface area (Å²) in [7, 11) is -1.65. The summed E-state index contributed by atoms with van der Waals surface area (Å²) < 4.78 is 0. The highest BCUT2D eigenvalue weighted by molar-refractivity contribution is 7.05. The van der Waals surface area contributed by atoms with Crippen molar-refractivity contribution in [1.82, 2.24) is 0 Å². The zero-order chi connectivity index (χ0) is 9.28. The van der Waals surface area contributed by atoms with E-state index in [1.54, 1.807) is 6.92 Å². The number of hydrogen-bond acceptors (Lipinski definition) is 2. The molecule has 0 aromatic rings. The highest BCUT2D eigenvalue weighted by Crippen LogP contribution is 2.15. The molecule has 0 bridgehead atoms. The molecule has 0 aromatic heterocycles. The Labute approximate surface area is 69.5 Å². The molecule has 0 saturated heterocycles. The van der Waals surface area contributed by atoms with Crippen molar-refractivity contribution in [2.45, 2.75) is 32.2 Å². The summed E-state index contributed by atoms with van der Waals surface area (Å²) in [4.78, 5) is 0. The fraction of sp³-hybridized carbons (Fsp3) is 0.625. The van der Waals surface area contributed by atoms with Crippen LogP contribution in [0.1, 0.15) is 6.92 Å². The Morgan fingerprint density at radius 1 is 1.55 bits per heavy atom. The smallest absolute Gasteiger partial charge is 0.113 e. The lowest BCUT2D eigenvalue weighted by molar-refractivity contribution is 0.186. The van der Waals surface area contributed by atoms with Crippen LogP contribution in [0.5, 0.6) is 0 Å². The van der Waals surface area contributed by atoms with Crippen LogP contribution >= 0.6 is 0 Å². The zero-order valence-electron chi connectivity index (χ0n) is 7.73. The van der Waals surface area contributed by atoms with Crippen molar-refractivity contribution < 1.29 is 5.11 Å². The van der Waals surface area contributed by atoms with Crippen molar-refractivity contribution in [2.24, 2.45) is 0 Å². The van der Waals surface area contributed by atoms with Gasteiger partial charge in [-0.2, -0.15) is 0 Å². The van der Waals surface area contributed by atoms with Gasteiger partial charge in [0.15, 0.2) is 0 Å². The molecule has 3 heteroatoms. The highest BCUT2D eigenvalue weighted by Gasteiger charge is 2.32. The van der Waals surface area contributed by atoms with E-state index in [1.807, 2.05) is 19.6 Å². The van der Waals surface area contributed by atoms with Crippen LogP contribution in [-0.2, 0) is 0 Å². The minimum atomic E-state index is -1.65. The molecule has 64 valence electrons. The van der Waals surface area contributed by atoms with Gasteiger partial charge in [0.2, 0.25) is 0 Å². The van der Waals surface area contributed by atoms with E-state index in [4.69, 9.17) is 5.41 Å². The average molecular weight is 171 g/mol. The molecule has 11 heavy (non-hydrogen) atoms. The number of hydrogen-bond donors (Lipinski definition) is 2. The molecule has 1 atom stereocenters. The predicted molar refractivity (Wildman–Crippen MR) is 51.9 cm³/mol. The molecule has 1 unspecified atom stereocenters. The molecule has 0 radical (unpaired) electrons. The molecule has 0 aliphatic rings. The summed E-state index contributed by atoms with van der Waals surface area (Å²) >= 11 is 0. The molecule has 0 rings (SSSR count). The van der Waals surface area contributed by atoms with Gasteiger partial charge in [0.05, 0.1) is 8.07 Å². The monoisotopic (exact) mass is 171 g/mol. The Hall–Kier alpha value is -0.413. The van der Waals surface area contributed by atoms with Crippen molar-refractivity contribution >= 4 is 13.4 Å². The summed E-state index contributed by atoms with van der Waals surface area (Å²) in [6.07, 6.45) is 1.42. The first-order chi connectivity index (χ1) is 4.72. The summed E-state index contributed by atoms with van der Waals surface area (Å²) in [5.74, 6) is 0. The second kappa shape index (κ2) is 2.91. The van der Waals surface area contributed by atoms with Crippen molar-refractivity contribution in [3.63, 3.8) is 0 Å². The normalized spacial score (nSPS) is 17.2.